The molecule has 2 aromatic carbocycles. The normalized spacial score (nSPS) is 13.8. The van der Waals surface area contributed by atoms with Crippen LogP contribution in [-0.4, -0.2) is 42.2 Å². The molecule has 0 radical (unpaired) electrons. The molecule has 1 aliphatic heterocycles. The Morgan fingerprint density at radius 3 is 2.03 bits per heavy atom. The molecule has 148 valence electrons. The Hall–Kier alpha value is -3.32. The van der Waals surface area contributed by atoms with E-state index in [-0.39, 0.29) is 6.03 Å². The van der Waals surface area contributed by atoms with Crippen molar-refractivity contribution in [3.63, 3.8) is 0 Å². The molecule has 1 aromatic heterocycles. The predicted octanol–water partition coefficient (Wildman–Crippen LogP) is 4.10. The standard InChI is InChI=1S/C21H21ClN6O/c22-16-6-8-17(9-7-16)25-21(29)26-18-14-23-20(24-15-18)28-12-10-27(11-13-28)19-4-2-1-3-5-19/h1-9,14-15H,10-13H2,(H2,25,26,29). The fourth-order valence-electron chi connectivity index (χ4n) is 3.18. The summed E-state index contributed by atoms with van der Waals surface area (Å²) in [5.41, 5.74) is 2.42. The third kappa shape index (κ3) is 4.94. The summed E-state index contributed by atoms with van der Waals surface area (Å²) in [5.74, 6) is 0.668. The van der Waals surface area contributed by atoms with Crippen molar-refractivity contribution in [2.75, 3.05) is 46.6 Å². The van der Waals surface area contributed by atoms with Crippen LogP contribution in [0.5, 0.6) is 0 Å². The summed E-state index contributed by atoms with van der Waals surface area (Å²) in [6.45, 7) is 3.52. The molecular formula is C21H21ClN6O. The van der Waals surface area contributed by atoms with Crippen LogP contribution in [0.15, 0.2) is 67.0 Å². The molecule has 2 N–H and O–H groups in total. The third-order valence-corrected chi connectivity index (χ3v) is 4.93. The lowest BCUT2D eigenvalue weighted by Gasteiger charge is -2.36. The number of aromatic nitrogens is 2. The summed E-state index contributed by atoms with van der Waals surface area (Å²) in [7, 11) is 0. The monoisotopic (exact) mass is 408 g/mol. The van der Waals surface area contributed by atoms with Gasteiger partial charge < -0.3 is 20.4 Å². The first-order valence-corrected chi connectivity index (χ1v) is 9.76. The SMILES string of the molecule is O=C(Nc1ccc(Cl)cc1)Nc1cnc(N2CCN(c3ccccc3)CC2)nc1. The van der Waals surface area contributed by atoms with Crippen LogP contribution in [0.25, 0.3) is 0 Å². The largest absolute Gasteiger partial charge is 0.368 e. The topological polar surface area (TPSA) is 73.4 Å². The molecule has 2 heterocycles. The minimum atomic E-state index is -0.361. The summed E-state index contributed by atoms with van der Waals surface area (Å²) in [6.07, 6.45) is 3.24. The van der Waals surface area contributed by atoms with E-state index < -0.39 is 0 Å². The van der Waals surface area contributed by atoms with E-state index in [0.717, 1.165) is 26.2 Å². The Labute approximate surface area is 174 Å². The van der Waals surface area contributed by atoms with Crippen molar-refractivity contribution in [1.82, 2.24) is 9.97 Å². The van der Waals surface area contributed by atoms with Crippen molar-refractivity contribution in [2.45, 2.75) is 0 Å². The van der Waals surface area contributed by atoms with Gasteiger partial charge in [0.1, 0.15) is 0 Å². The molecule has 0 atom stereocenters. The maximum absolute atomic E-state index is 12.1. The highest BCUT2D eigenvalue weighted by Gasteiger charge is 2.19. The quantitative estimate of drug-likeness (QED) is 0.679. The Morgan fingerprint density at radius 2 is 1.38 bits per heavy atom. The first-order chi connectivity index (χ1) is 14.2. The summed E-state index contributed by atoms with van der Waals surface area (Å²) >= 11 is 5.84. The highest BCUT2D eigenvalue weighted by atomic mass is 35.5. The summed E-state index contributed by atoms with van der Waals surface area (Å²) in [6, 6.07) is 16.9. The molecule has 3 aromatic rings. The van der Waals surface area contributed by atoms with Crippen LogP contribution < -0.4 is 20.4 Å². The second kappa shape index (κ2) is 8.79. The highest BCUT2D eigenvalue weighted by molar-refractivity contribution is 6.30. The molecule has 1 fully saturated rings. The number of urea groups is 1. The van der Waals surface area contributed by atoms with Gasteiger partial charge in [-0.15, -0.1) is 0 Å². The fraction of sp³-hybridized carbons (Fsp3) is 0.190. The van der Waals surface area contributed by atoms with E-state index in [4.69, 9.17) is 11.6 Å². The molecule has 29 heavy (non-hydrogen) atoms. The second-order valence-electron chi connectivity index (χ2n) is 6.67. The van der Waals surface area contributed by atoms with Gasteiger partial charge in [0.05, 0.1) is 18.1 Å². The molecule has 2 amide bonds. The molecule has 4 rings (SSSR count). The van der Waals surface area contributed by atoms with Gasteiger partial charge in [0.15, 0.2) is 0 Å². The number of hydrogen-bond acceptors (Lipinski definition) is 5. The number of nitrogens with one attached hydrogen (secondary N) is 2. The average Bonchev–Trinajstić information content (AvgIpc) is 2.77. The van der Waals surface area contributed by atoms with Gasteiger partial charge in [0.25, 0.3) is 0 Å². The van der Waals surface area contributed by atoms with Crippen molar-refractivity contribution in [3.8, 4) is 0 Å². The molecule has 7 nitrogen and oxygen atoms in total. The van der Waals surface area contributed by atoms with Gasteiger partial charge in [0, 0.05) is 42.6 Å². The summed E-state index contributed by atoms with van der Waals surface area (Å²) in [5, 5.41) is 6.08. The number of amides is 2. The number of carbonyl (C=O) groups is 1. The molecule has 0 saturated carbocycles. The van der Waals surface area contributed by atoms with E-state index in [1.165, 1.54) is 5.69 Å². The van der Waals surface area contributed by atoms with E-state index >= 15 is 0 Å². The van der Waals surface area contributed by atoms with Gasteiger partial charge in [-0.1, -0.05) is 29.8 Å². The smallest absolute Gasteiger partial charge is 0.323 e. The molecule has 1 saturated heterocycles. The van der Waals surface area contributed by atoms with E-state index in [1.807, 2.05) is 6.07 Å². The van der Waals surface area contributed by atoms with Gasteiger partial charge in [-0.3, -0.25) is 0 Å². The number of nitrogens with zero attached hydrogens (tertiary/aromatic N) is 4. The first kappa shape index (κ1) is 19.0. The van der Waals surface area contributed by atoms with Gasteiger partial charge in [-0.25, -0.2) is 14.8 Å². The Kier molecular flexibility index (Phi) is 5.76. The lowest BCUT2D eigenvalue weighted by atomic mass is 10.2. The second-order valence-corrected chi connectivity index (χ2v) is 7.10. The molecule has 0 unspecified atom stereocenters. The number of rotatable bonds is 4. The van der Waals surface area contributed by atoms with Gasteiger partial charge in [-0.2, -0.15) is 0 Å². The number of para-hydroxylation sites is 1. The average molecular weight is 409 g/mol. The van der Waals surface area contributed by atoms with Crippen LogP contribution in [0.3, 0.4) is 0 Å². The summed E-state index contributed by atoms with van der Waals surface area (Å²) in [4.78, 5) is 25.4. The number of halogens is 1. The van der Waals surface area contributed by atoms with E-state index in [9.17, 15) is 4.79 Å². The maximum atomic E-state index is 12.1. The van der Waals surface area contributed by atoms with Crippen LogP contribution in [0, 0.1) is 0 Å². The van der Waals surface area contributed by atoms with Gasteiger partial charge in [-0.05, 0) is 36.4 Å². The van der Waals surface area contributed by atoms with Gasteiger partial charge >= 0.3 is 6.03 Å². The first-order valence-electron chi connectivity index (χ1n) is 9.38. The number of carbonyl (C=O) groups excluding carboxylic acids is 1. The zero-order chi connectivity index (χ0) is 20.1. The van der Waals surface area contributed by atoms with Crippen LogP contribution in [0.2, 0.25) is 5.02 Å². The van der Waals surface area contributed by atoms with Crippen LogP contribution in [-0.2, 0) is 0 Å². The summed E-state index contributed by atoms with van der Waals surface area (Å²) < 4.78 is 0. The zero-order valence-corrected chi connectivity index (χ0v) is 16.5. The van der Waals surface area contributed by atoms with Crippen LogP contribution in [0.1, 0.15) is 0 Å². The molecule has 8 heteroatoms. The lowest BCUT2D eigenvalue weighted by Crippen LogP contribution is -2.47. The minimum absolute atomic E-state index is 0.361. The number of piperazine rings is 1. The zero-order valence-electron chi connectivity index (χ0n) is 15.8. The van der Waals surface area contributed by atoms with Crippen molar-refractivity contribution < 1.29 is 4.79 Å². The molecule has 1 aliphatic rings. The van der Waals surface area contributed by atoms with Crippen molar-refractivity contribution in [1.29, 1.82) is 0 Å². The van der Waals surface area contributed by atoms with E-state index in [2.05, 4.69) is 54.7 Å². The number of anilines is 4. The molecule has 0 spiro atoms. The van der Waals surface area contributed by atoms with Crippen molar-refractivity contribution >= 4 is 40.6 Å². The van der Waals surface area contributed by atoms with Crippen molar-refractivity contribution in [3.05, 3.63) is 72.0 Å². The minimum Gasteiger partial charge on any atom is -0.368 e. The fourth-order valence-corrected chi connectivity index (χ4v) is 3.31. The van der Waals surface area contributed by atoms with Crippen LogP contribution in [0.4, 0.5) is 27.8 Å². The number of hydrogen-bond donors (Lipinski definition) is 2. The molecule has 0 aliphatic carbocycles. The third-order valence-electron chi connectivity index (χ3n) is 4.68. The Balaban J connectivity index is 1.30. The molecular weight excluding hydrogens is 388 g/mol. The van der Waals surface area contributed by atoms with Crippen LogP contribution >= 0.6 is 11.6 Å². The molecule has 0 bridgehead atoms. The highest BCUT2D eigenvalue weighted by Crippen LogP contribution is 2.18. The maximum Gasteiger partial charge on any atom is 0.323 e. The van der Waals surface area contributed by atoms with Gasteiger partial charge in [0.2, 0.25) is 5.95 Å². The Morgan fingerprint density at radius 1 is 0.793 bits per heavy atom. The number of benzene rings is 2. The Bertz CT molecular complexity index is 941. The van der Waals surface area contributed by atoms with E-state index in [1.54, 1.807) is 36.7 Å². The lowest BCUT2D eigenvalue weighted by molar-refractivity contribution is 0.262. The van der Waals surface area contributed by atoms with Crippen molar-refractivity contribution in [2.24, 2.45) is 0 Å². The predicted molar refractivity (Wildman–Crippen MR) is 117 cm³/mol. The van der Waals surface area contributed by atoms with E-state index in [0.29, 0.717) is 22.3 Å².